The van der Waals surface area contributed by atoms with Crippen molar-refractivity contribution in [2.24, 2.45) is 0 Å². The molecule has 0 spiro atoms. The molecule has 0 unspecified atom stereocenters. The Hall–Kier alpha value is -2.14. The number of benzene rings is 2. The second kappa shape index (κ2) is 7.83. The Labute approximate surface area is 152 Å². The van der Waals surface area contributed by atoms with E-state index in [4.69, 9.17) is 9.47 Å². The van der Waals surface area contributed by atoms with E-state index in [0.717, 1.165) is 35.6 Å². The van der Waals surface area contributed by atoms with E-state index in [1.165, 1.54) is 17.7 Å². The summed E-state index contributed by atoms with van der Waals surface area (Å²) in [4.78, 5) is 0. The molecule has 0 fully saturated rings. The summed E-state index contributed by atoms with van der Waals surface area (Å²) in [7, 11) is 3.24. The van der Waals surface area contributed by atoms with Crippen LogP contribution in [0.5, 0.6) is 11.5 Å². The number of halogens is 3. The van der Waals surface area contributed by atoms with Crippen LogP contribution in [0.4, 0.5) is 8.78 Å². The molecule has 1 heterocycles. The summed E-state index contributed by atoms with van der Waals surface area (Å²) in [6.07, 6.45) is 0.858. The highest BCUT2D eigenvalue weighted by Gasteiger charge is 2.25. The van der Waals surface area contributed by atoms with E-state index in [1.807, 2.05) is 19.1 Å². The van der Waals surface area contributed by atoms with E-state index in [-0.39, 0.29) is 12.4 Å². The third-order valence-electron chi connectivity index (χ3n) is 4.48. The van der Waals surface area contributed by atoms with Gasteiger partial charge in [-0.15, -0.1) is 0 Å². The predicted molar refractivity (Wildman–Crippen MR) is 88.2 cm³/mol. The minimum absolute atomic E-state index is 0. The van der Waals surface area contributed by atoms with Gasteiger partial charge in [0.2, 0.25) is 0 Å². The van der Waals surface area contributed by atoms with Crippen molar-refractivity contribution in [3.05, 3.63) is 58.7 Å². The summed E-state index contributed by atoms with van der Waals surface area (Å²) < 4.78 is 39.4. The first kappa shape index (κ1) is 19.2. The molecule has 1 aliphatic heterocycles. The Morgan fingerprint density at radius 1 is 1.00 bits per heavy atom. The second-order valence-corrected chi connectivity index (χ2v) is 5.87. The maximum atomic E-state index is 13.4. The molecule has 0 aliphatic carbocycles. The normalized spacial score (nSPS) is 13.2. The monoisotopic (exact) mass is 367 g/mol. The van der Waals surface area contributed by atoms with Crippen LogP contribution in [0.3, 0.4) is 0 Å². The van der Waals surface area contributed by atoms with Crippen molar-refractivity contribution in [1.82, 2.24) is 0 Å². The molecule has 2 aromatic rings. The summed E-state index contributed by atoms with van der Waals surface area (Å²) in [5.41, 5.74) is 4.13. The van der Waals surface area contributed by atoms with Crippen molar-refractivity contribution in [1.29, 1.82) is 0 Å². The van der Waals surface area contributed by atoms with Crippen molar-refractivity contribution >= 4 is 5.71 Å². The van der Waals surface area contributed by atoms with Crippen LogP contribution in [-0.2, 0) is 13.0 Å². The second-order valence-electron chi connectivity index (χ2n) is 5.87. The summed E-state index contributed by atoms with van der Waals surface area (Å²) in [6, 6.07) is 8.03. The molecule has 6 heteroatoms. The van der Waals surface area contributed by atoms with Crippen LogP contribution in [0.1, 0.15) is 23.6 Å². The van der Waals surface area contributed by atoms with E-state index in [0.29, 0.717) is 12.3 Å². The molecule has 0 N–H and O–H groups in total. The third kappa shape index (κ3) is 3.76. The molecule has 0 saturated carbocycles. The van der Waals surface area contributed by atoms with Gasteiger partial charge < -0.3 is 21.9 Å². The molecule has 0 radical (unpaired) electrons. The van der Waals surface area contributed by atoms with Gasteiger partial charge in [-0.1, -0.05) is 0 Å². The van der Waals surface area contributed by atoms with Gasteiger partial charge >= 0.3 is 0 Å². The van der Waals surface area contributed by atoms with Gasteiger partial charge in [-0.05, 0) is 35.9 Å². The van der Waals surface area contributed by atoms with Gasteiger partial charge in [-0.25, -0.2) is 13.4 Å². The number of rotatable bonds is 4. The molecule has 0 amide bonds. The first-order valence-electron chi connectivity index (χ1n) is 7.81. The number of hydrogen-bond acceptors (Lipinski definition) is 2. The average Bonchev–Trinajstić information content (AvgIpc) is 2.59. The molecule has 3 rings (SSSR count). The third-order valence-corrected chi connectivity index (χ3v) is 4.48. The summed E-state index contributed by atoms with van der Waals surface area (Å²) in [5, 5.41) is 0. The summed E-state index contributed by atoms with van der Waals surface area (Å²) >= 11 is 0. The van der Waals surface area contributed by atoms with Crippen molar-refractivity contribution in [3.63, 3.8) is 0 Å². The van der Waals surface area contributed by atoms with Gasteiger partial charge in [0.1, 0.15) is 6.54 Å². The van der Waals surface area contributed by atoms with Crippen molar-refractivity contribution < 1.29 is 35.2 Å². The first-order valence-corrected chi connectivity index (χ1v) is 7.81. The Kier molecular flexibility index (Phi) is 6.01. The molecule has 0 aromatic heterocycles. The Bertz CT molecular complexity index is 821. The Balaban J connectivity index is 0.00000225. The van der Waals surface area contributed by atoms with Gasteiger partial charge in [0.15, 0.2) is 35.4 Å². The van der Waals surface area contributed by atoms with Crippen LogP contribution >= 0.6 is 0 Å². The zero-order valence-corrected chi connectivity index (χ0v) is 15.2. The van der Waals surface area contributed by atoms with Crippen LogP contribution in [-0.4, -0.2) is 31.1 Å². The minimum Gasteiger partial charge on any atom is -1.00 e. The topological polar surface area (TPSA) is 21.5 Å². The molecule has 0 bridgehead atoms. The maximum absolute atomic E-state index is 13.4. The lowest BCUT2D eigenvalue weighted by molar-refractivity contribution is -0.545. The van der Waals surface area contributed by atoms with Crippen molar-refractivity contribution in [3.8, 4) is 11.5 Å². The fourth-order valence-corrected chi connectivity index (χ4v) is 3.11. The molecule has 0 saturated heterocycles. The standard InChI is InChI=1S/C19H20F2NO2.ClH/c1-12-15-10-19(24-3)18(23-2)9-14(15)6-7-22(12)11-13-4-5-16(20)17(21)8-13;/h4-5,8-10H,6-7,11H2,1-3H3;1H/q+1;/p-1. The number of hydrogen-bond donors (Lipinski definition) is 0. The molecule has 2 aromatic carbocycles. The summed E-state index contributed by atoms with van der Waals surface area (Å²) in [6.45, 7) is 3.38. The Morgan fingerprint density at radius 3 is 2.32 bits per heavy atom. The van der Waals surface area contributed by atoms with Gasteiger partial charge in [-0.3, -0.25) is 0 Å². The van der Waals surface area contributed by atoms with E-state index >= 15 is 0 Å². The van der Waals surface area contributed by atoms with Crippen LogP contribution in [0.25, 0.3) is 0 Å². The number of fused-ring (bicyclic) bond motifs is 1. The highest BCUT2D eigenvalue weighted by molar-refractivity contribution is 5.97. The van der Waals surface area contributed by atoms with Crippen LogP contribution < -0.4 is 21.9 Å². The fraction of sp³-hybridized carbons (Fsp3) is 0.316. The van der Waals surface area contributed by atoms with Gasteiger partial charge in [0.25, 0.3) is 0 Å². The molecular weight excluding hydrogens is 348 g/mol. The lowest BCUT2D eigenvalue weighted by Gasteiger charge is -2.19. The minimum atomic E-state index is -0.819. The average molecular weight is 368 g/mol. The SMILES string of the molecule is COc1cc2c(cc1OC)C(C)=[N+](Cc1ccc(F)c(F)c1)CC2.[Cl-]. The van der Waals surface area contributed by atoms with Crippen molar-refractivity contribution in [2.75, 3.05) is 20.8 Å². The van der Waals surface area contributed by atoms with E-state index in [9.17, 15) is 8.78 Å². The lowest BCUT2D eigenvalue weighted by Crippen LogP contribution is -3.00. The van der Waals surface area contributed by atoms with E-state index in [1.54, 1.807) is 20.3 Å². The maximum Gasteiger partial charge on any atom is 0.180 e. The first-order chi connectivity index (χ1) is 11.5. The van der Waals surface area contributed by atoms with Crippen LogP contribution in [0.15, 0.2) is 30.3 Å². The predicted octanol–water partition coefficient (Wildman–Crippen LogP) is 0.564. The summed E-state index contributed by atoms with van der Waals surface area (Å²) in [5.74, 6) is -0.224. The zero-order chi connectivity index (χ0) is 17.3. The molecular formula is C19H20ClF2NO2. The van der Waals surface area contributed by atoms with Crippen LogP contribution in [0.2, 0.25) is 0 Å². The lowest BCUT2D eigenvalue weighted by atomic mass is 9.96. The van der Waals surface area contributed by atoms with E-state index < -0.39 is 11.6 Å². The van der Waals surface area contributed by atoms with Crippen molar-refractivity contribution in [2.45, 2.75) is 19.9 Å². The largest absolute Gasteiger partial charge is 1.00 e. The number of nitrogens with zero attached hydrogens (tertiary/aromatic N) is 1. The Morgan fingerprint density at radius 2 is 1.68 bits per heavy atom. The molecule has 134 valence electrons. The smallest absolute Gasteiger partial charge is 0.180 e. The van der Waals surface area contributed by atoms with E-state index in [2.05, 4.69) is 4.58 Å². The van der Waals surface area contributed by atoms with Gasteiger partial charge in [0.05, 0.1) is 14.2 Å². The number of methoxy groups -OCH3 is 2. The molecule has 3 nitrogen and oxygen atoms in total. The zero-order valence-electron chi connectivity index (χ0n) is 14.4. The number of ether oxygens (including phenoxy) is 2. The quantitative estimate of drug-likeness (QED) is 0.737. The van der Waals surface area contributed by atoms with Gasteiger partial charge in [0, 0.05) is 24.5 Å². The molecule has 1 aliphatic rings. The van der Waals surface area contributed by atoms with Crippen LogP contribution in [0, 0.1) is 11.6 Å². The van der Waals surface area contributed by atoms with Gasteiger partial charge in [-0.2, -0.15) is 0 Å². The molecule has 0 atom stereocenters. The molecule has 25 heavy (non-hydrogen) atoms. The highest BCUT2D eigenvalue weighted by atomic mass is 35.5. The highest BCUT2D eigenvalue weighted by Crippen LogP contribution is 2.32. The fourth-order valence-electron chi connectivity index (χ4n) is 3.11.